The van der Waals surface area contributed by atoms with E-state index in [1.54, 1.807) is 28.0 Å². The Labute approximate surface area is 270 Å². The molecule has 4 heterocycles. The number of halogens is 4. The van der Waals surface area contributed by atoms with Crippen LogP contribution < -0.4 is 10.6 Å². The first-order chi connectivity index (χ1) is 22.3. The molecule has 0 unspecified atom stereocenters. The van der Waals surface area contributed by atoms with E-state index < -0.39 is 41.1 Å². The number of aryl methyl sites for hydroxylation is 1. The number of rotatable bonds is 10. The number of hydrogen-bond acceptors (Lipinski definition) is 7. The van der Waals surface area contributed by atoms with Gasteiger partial charge in [0.2, 0.25) is 5.91 Å². The Balaban J connectivity index is 2.05. The molecule has 1 amide bonds. The lowest BCUT2D eigenvalue weighted by atomic mass is 10.0. The maximum Gasteiger partial charge on any atom is 0.355 e. The molecule has 1 N–H and O–H groups in total. The molecule has 3 aromatic heterocycles. The topological polar surface area (TPSA) is 104 Å². The van der Waals surface area contributed by atoms with Crippen molar-refractivity contribution in [2.24, 2.45) is 0 Å². The van der Waals surface area contributed by atoms with Crippen LogP contribution in [0.1, 0.15) is 57.0 Å². The number of fused-ring (bicyclic) bond motifs is 1. The molecule has 13 heteroatoms. The molecule has 1 aliphatic rings. The van der Waals surface area contributed by atoms with Gasteiger partial charge in [0.25, 0.3) is 0 Å². The number of aromatic nitrogens is 4. The van der Waals surface area contributed by atoms with E-state index in [9.17, 15) is 27.9 Å². The Morgan fingerprint density at radius 2 is 1.94 bits per heavy atom. The summed E-state index contributed by atoms with van der Waals surface area (Å²) in [6.45, 7) is 11.3. The number of piperazine rings is 1. The lowest BCUT2D eigenvalue weighted by molar-refractivity contribution is -0.128. The van der Waals surface area contributed by atoms with Crippen LogP contribution in [0.15, 0.2) is 59.3 Å². The fourth-order valence-electron chi connectivity index (χ4n) is 5.69. The van der Waals surface area contributed by atoms with Gasteiger partial charge in [-0.15, -0.1) is 6.42 Å². The first-order valence-electron chi connectivity index (χ1n) is 15.1. The van der Waals surface area contributed by atoms with Gasteiger partial charge in [-0.25, -0.2) is 31.9 Å². The highest BCUT2D eigenvalue weighted by atomic mass is 19.2. The molecule has 2 atom stereocenters. The number of allylic oxidation sites excluding steroid dienone is 4. The summed E-state index contributed by atoms with van der Waals surface area (Å²) in [5.41, 5.74) is -0.0771. The monoisotopic (exact) mass is 652 g/mol. The third-order valence-electron chi connectivity index (χ3n) is 7.98. The van der Waals surface area contributed by atoms with E-state index in [2.05, 4.69) is 21.5 Å². The number of hydrogen-bond donors (Lipinski definition) is 1. The number of amides is 1. The van der Waals surface area contributed by atoms with E-state index in [1.807, 2.05) is 27.7 Å². The summed E-state index contributed by atoms with van der Waals surface area (Å²) in [6, 6.07) is 2.00. The van der Waals surface area contributed by atoms with Gasteiger partial charge in [-0.3, -0.25) is 9.78 Å². The quantitative estimate of drug-likeness (QED) is 0.140. The molecule has 1 aliphatic heterocycles. The molecule has 1 saturated heterocycles. The normalized spacial score (nSPS) is 17.6. The van der Waals surface area contributed by atoms with Crippen molar-refractivity contribution in [1.29, 1.82) is 0 Å². The van der Waals surface area contributed by atoms with Crippen molar-refractivity contribution in [1.82, 2.24) is 24.4 Å². The van der Waals surface area contributed by atoms with Crippen molar-refractivity contribution >= 4 is 22.8 Å². The zero-order chi connectivity index (χ0) is 34.6. The molecule has 4 rings (SSSR count). The lowest BCUT2D eigenvalue weighted by Gasteiger charge is -2.44. The number of carbonyl (C=O) groups is 1. The third-order valence-corrected chi connectivity index (χ3v) is 7.98. The number of pyridine rings is 2. The largest absolute Gasteiger partial charge is 0.396 e. The van der Waals surface area contributed by atoms with E-state index in [-0.39, 0.29) is 60.5 Å². The minimum Gasteiger partial charge on any atom is -0.396 e. The van der Waals surface area contributed by atoms with Gasteiger partial charge in [0.05, 0.1) is 22.5 Å². The zero-order valence-electron chi connectivity index (χ0n) is 26.6. The number of anilines is 1. The zero-order valence-corrected chi connectivity index (χ0v) is 26.6. The van der Waals surface area contributed by atoms with Crippen LogP contribution >= 0.6 is 0 Å². The molecule has 0 bridgehead atoms. The third kappa shape index (κ3) is 7.12. The highest BCUT2D eigenvalue weighted by Crippen LogP contribution is 2.33. The summed E-state index contributed by atoms with van der Waals surface area (Å²) in [6.07, 6.45) is 7.76. The van der Waals surface area contributed by atoms with Crippen molar-refractivity contribution < 1.29 is 27.5 Å². The van der Waals surface area contributed by atoms with Gasteiger partial charge in [0.1, 0.15) is 17.5 Å². The van der Waals surface area contributed by atoms with Crippen LogP contribution in [0.25, 0.3) is 16.7 Å². The Hall–Kier alpha value is -4.83. The molecule has 248 valence electrons. The van der Waals surface area contributed by atoms with Crippen LogP contribution in [0, 0.1) is 18.2 Å². The number of aliphatic hydroxyl groups excluding tert-OH is 1. The van der Waals surface area contributed by atoms with Gasteiger partial charge < -0.3 is 14.9 Å². The maximum absolute atomic E-state index is 15.8. The SMILES string of the molecule is C#C/C=C(F)\C(F)=C(\F)Cc1nc2c(cc1F)c(N1C[C@@H](C)N(C(=O)C=C)C[C@@H]1C)nc(=O)n2-c1c(CCCO)ccnc1C(C)C. The van der Waals surface area contributed by atoms with Crippen LogP contribution in [0.3, 0.4) is 0 Å². The van der Waals surface area contributed by atoms with Crippen molar-refractivity contribution in [3.8, 4) is 18.0 Å². The summed E-state index contributed by atoms with van der Waals surface area (Å²) >= 11 is 0. The summed E-state index contributed by atoms with van der Waals surface area (Å²) < 4.78 is 60.2. The summed E-state index contributed by atoms with van der Waals surface area (Å²) in [5, 5.41) is 9.65. The Kier molecular flexibility index (Phi) is 11.0. The van der Waals surface area contributed by atoms with Crippen molar-refractivity contribution in [3.63, 3.8) is 0 Å². The molecule has 3 aromatic rings. The van der Waals surface area contributed by atoms with E-state index in [0.717, 1.165) is 6.07 Å². The van der Waals surface area contributed by atoms with Gasteiger partial charge in [-0.05, 0) is 56.4 Å². The molecule has 0 saturated carbocycles. The highest BCUT2D eigenvalue weighted by Gasteiger charge is 2.34. The molecule has 0 spiro atoms. The summed E-state index contributed by atoms with van der Waals surface area (Å²) in [7, 11) is 0. The Morgan fingerprint density at radius 1 is 1.21 bits per heavy atom. The summed E-state index contributed by atoms with van der Waals surface area (Å²) in [5.74, 6) is -4.87. The van der Waals surface area contributed by atoms with Gasteiger partial charge in [0.15, 0.2) is 17.3 Å². The second-order valence-corrected chi connectivity index (χ2v) is 11.6. The second-order valence-electron chi connectivity index (χ2n) is 11.6. The molecular formula is C34H36F4N6O3. The fraction of sp³-hybridized carbons (Fsp3) is 0.382. The van der Waals surface area contributed by atoms with E-state index in [1.165, 1.54) is 10.6 Å². The molecule has 9 nitrogen and oxygen atoms in total. The van der Waals surface area contributed by atoms with Crippen LogP contribution in [0.5, 0.6) is 0 Å². The number of terminal acetylenes is 1. The molecule has 1 fully saturated rings. The van der Waals surface area contributed by atoms with Gasteiger partial charge >= 0.3 is 5.69 Å². The Morgan fingerprint density at radius 3 is 2.57 bits per heavy atom. The first kappa shape index (κ1) is 35.0. The molecule has 47 heavy (non-hydrogen) atoms. The predicted octanol–water partition coefficient (Wildman–Crippen LogP) is 5.15. The predicted molar refractivity (Wildman–Crippen MR) is 172 cm³/mol. The molecule has 0 aliphatic carbocycles. The smallest absolute Gasteiger partial charge is 0.355 e. The lowest BCUT2D eigenvalue weighted by Crippen LogP contribution is -2.58. The second kappa shape index (κ2) is 14.7. The number of carbonyl (C=O) groups excluding carboxylic acids is 1. The van der Waals surface area contributed by atoms with Crippen molar-refractivity contribution in [2.45, 2.75) is 65.0 Å². The van der Waals surface area contributed by atoms with Crippen LogP contribution in [-0.4, -0.2) is 67.2 Å². The van der Waals surface area contributed by atoms with Gasteiger partial charge in [0, 0.05) is 50.5 Å². The Bertz CT molecular complexity index is 1860. The van der Waals surface area contributed by atoms with Crippen molar-refractivity contribution in [2.75, 3.05) is 24.6 Å². The van der Waals surface area contributed by atoms with Crippen LogP contribution in [0.4, 0.5) is 23.4 Å². The maximum atomic E-state index is 15.8. The van der Waals surface area contributed by atoms with E-state index >= 15 is 4.39 Å². The van der Waals surface area contributed by atoms with Crippen molar-refractivity contribution in [3.05, 3.63) is 87.8 Å². The van der Waals surface area contributed by atoms with E-state index in [0.29, 0.717) is 35.9 Å². The minimum absolute atomic E-state index is 0.0846. The van der Waals surface area contributed by atoms with Crippen LogP contribution in [-0.2, 0) is 17.6 Å². The standard InChI is InChI=1S/C34H36F4N6O3/c1-7-10-24(35)29(38)26(37)16-27-25(36)15-23-32(43-18-20(5)42(17-21(43)6)28(46)8-2)41-34(47)44(33(23)40-27)31-22(11-9-14-45)12-13-39-30(31)19(3)4/h1,8,10,12-13,15,19-21,45H,2,9,11,14,16-18H2,3-6H3/b24-10+,29-26-/t20-,21+/m1/s1. The first-order valence-corrected chi connectivity index (χ1v) is 15.1. The molecule has 0 radical (unpaired) electrons. The fourth-order valence-corrected chi connectivity index (χ4v) is 5.69. The highest BCUT2D eigenvalue weighted by molar-refractivity contribution is 5.90. The number of aliphatic hydroxyl groups is 1. The van der Waals surface area contributed by atoms with Gasteiger partial charge in [-0.1, -0.05) is 26.3 Å². The van der Waals surface area contributed by atoms with Crippen LogP contribution in [0.2, 0.25) is 0 Å². The molecular weight excluding hydrogens is 616 g/mol. The number of nitrogens with zero attached hydrogens (tertiary/aromatic N) is 6. The average molecular weight is 653 g/mol. The van der Waals surface area contributed by atoms with Gasteiger partial charge in [-0.2, -0.15) is 4.98 Å². The average Bonchev–Trinajstić information content (AvgIpc) is 3.04. The van der Waals surface area contributed by atoms with E-state index in [4.69, 9.17) is 6.42 Å². The molecule has 0 aromatic carbocycles. The minimum atomic E-state index is -1.90. The summed E-state index contributed by atoms with van der Waals surface area (Å²) in [4.78, 5) is 43.2.